The van der Waals surface area contributed by atoms with Crippen LogP contribution in [-0.4, -0.2) is 59.1 Å². The van der Waals surface area contributed by atoms with Crippen molar-refractivity contribution in [2.75, 3.05) is 29.9 Å². The van der Waals surface area contributed by atoms with Gasteiger partial charge >= 0.3 is 12.3 Å². The molecule has 1 fully saturated rings. The first kappa shape index (κ1) is 19.2. The van der Waals surface area contributed by atoms with Crippen LogP contribution in [0, 0.1) is 0 Å². The summed E-state index contributed by atoms with van der Waals surface area (Å²) in [7, 11) is 0. The van der Waals surface area contributed by atoms with Gasteiger partial charge < -0.3 is 25.0 Å². The topological polar surface area (TPSA) is 106 Å². The second kappa shape index (κ2) is 6.16. The van der Waals surface area contributed by atoms with Crippen molar-refractivity contribution in [3.05, 3.63) is 17.7 Å². The van der Waals surface area contributed by atoms with Crippen molar-refractivity contribution in [3.8, 4) is 5.75 Å². The zero-order chi connectivity index (χ0) is 21.1. The first-order valence-corrected chi connectivity index (χ1v) is 8.78. The maximum Gasteiger partial charge on any atom is 0.418 e. The minimum atomic E-state index is -4.66. The smallest absolute Gasteiger partial charge is 0.418 e. The number of nitrogens with zero attached hydrogens (tertiary/aromatic N) is 3. The number of halogens is 3. The summed E-state index contributed by atoms with van der Waals surface area (Å²) in [6, 6.07) is 1.48. The van der Waals surface area contributed by atoms with Crippen LogP contribution in [0.2, 0.25) is 0 Å². The molecule has 1 aromatic carbocycles. The van der Waals surface area contributed by atoms with Crippen LogP contribution in [0.4, 0.5) is 29.3 Å². The number of ether oxygens (including phenoxy) is 1. The Morgan fingerprint density at radius 1 is 1.41 bits per heavy atom. The lowest BCUT2D eigenvalue weighted by Crippen LogP contribution is -2.65. The van der Waals surface area contributed by atoms with Crippen LogP contribution in [0.3, 0.4) is 0 Å². The Morgan fingerprint density at radius 3 is 2.72 bits per heavy atom. The maximum absolute atomic E-state index is 13.7. The second-order valence-electron chi connectivity index (χ2n) is 7.53. The number of carbonyl (C=O) groups is 2. The standard InChI is InChI=1S/C17H18F3N5O4/c1-8-14(26)23-22-13-5-29-12-3-9(17(18,19)20)10(4-11(12)25(8)13)21-16(2)6-24(7-16)15(27)28/h3-4,8,21H,5-7H2,1-2H3,(H,23,26)(H,27,28). The number of nitrogens with one attached hydrogen (secondary N) is 2. The molecule has 3 aliphatic heterocycles. The van der Waals surface area contributed by atoms with Crippen LogP contribution in [0.15, 0.2) is 17.2 Å². The number of amidine groups is 1. The van der Waals surface area contributed by atoms with E-state index in [-0.39, 0.29) is 42.7 Å². The molecule has 2 amide bonds. The van der Waals surface area contributed by atoms with E-state index in [1.807, 2.05) is 0 Å². The van der Waals surface area contributed by atoms with E-state index in [0.717, 1.165) is 11.0 Å². The molecule has 1 saturated heterocycles. The first-order valence-electron chi connectivity index (χ1n) is 8.78. The van der Waals surface area contributed by atoms with E-state index >= 15 is 0 Å². The number of hydrazone groups is 1. The first-order chi connectivity index (χ1) is 13.5. The quantitative estimate of drug-likeness (QED) is 0.684. The molecule has 9 nitrogen and oxygen atoms in total. The fourth-order valence-corrected chi connectivity index (χ4v) is 3.75. The number of fused-ring (bicyclic) bond motifs is 3. The minimum Gasteiger partial charge on any atom is -0.483 e. The number of amides is 2. The predicted octanol–water partition coefficient (Wildman–Crippen LogP) is 1.90. The third-order valence-corrected chi connectivity index (χ3v) is 5.15. The molecular weight excluding hydrogens is 395 g/mol. The highest BCUT2D eigenvalue weighted by Gasteiger charge is 2.45. The van der Waals surface area contributed by atoms with E-state index < -0.39 is 29.4 Å². The SMILES string of the molecule is CC1C(=O)NN=C2COc3cc(C(F)(F)F)c(NC4(C)CN(C(=O)O)C4)cc3N21. The van der Waals surface area contributed by atoms with Gasteiger partial charge in [0.05, 0.1) is 16.8 Å². The third-order valence-electron chi connectivity index (χ3n) is 5.15. The highest BCUT2D eigenvalue weighted by molar-refractivity contribution is 6.09. The number of carboxylic acid groups (broad SMARTS) is 1. The summed E-state index contributed by atoms with van der Waals surface area (Å²) in [4.78, 5) is 25.6. The van der Waals surface area contributed by atoms with E-state index in [0.29, 0.717) is 5.84 Å². The Balaban J connectivity index is 1.75. The highest BCUT2D eigenvalue weighted by Crippen LogP contribution is 2.45. The summed E-state index contributed by atoms with van der Waals surface area (Å²) in [5, 5.41) is 15.8. The molecule has 0 spiro atoms. The maximum atomic E-state index is 13.7. The van der Waals surface area contributed by atoms with Gasteiger partial charge in [0, 0.05) is 18.8 Å². The molecule has 1 aromatic rings. The van der Waals surface area contributed by atoms with Crippen LogP contribution in [0.25, 0.3) is 0 Å². The van der Waals surface area contributed by atoms with Crippen LogP contribution < -0.4 is 20.4 Å². The number of anilines is 2. The Hall–Kier alpha value is -3.18. The van der Waals surface area contributed by atoms with Gasteiger partial charge in [0.1, 0.15) is 18.4 Å². The lowest BCUT2D eigenvalue weighted by molar-refractivity contribution is -0.137. The number of hydrogen-bond acceptors (Lipinski definition) is 6. The molecule has 0 aliphatic carbocycles. The summed E-state index contributed by atoms with van der Waals surface area (Å²) >= 11 is 0. The molecule has 0 radical (unpaired) electrons. The molecule has 4 rings (SSSR count). The minimum absolute atomic E-state index is 0.00528. The number of alkyl halides is 3. The van der Waals surface area contributed by atoms with Crippen molar-refractivity contribution in [1.29, 1.82) is 0 Å². The lowest BCUT2D eigenvalue weighted by Gasteiger charge is -2.48. The summed E-state index contributed by atoms with van der Waals surface area (Å²) in [5.74, 6) is -0.0180. The van der Waals surface area contributed by atoms with Crippen LogP contribution in [-0.2, 0) is 11.0 Å². The Bertz CT molecular complexity index is 926. The molecule has 156 valence electrons. The molecule has 3 aliphatic rings. The third kappa shape index (κ3) is 3.17. The molecule has 0 saturated carbocycles. The zero-order valence-electron chi connectivity index (χ0n) is 15.5. The number of likely N-dealkylation sites (tertiary alicyclic amines) is 1. The fourth-order valence-electron chi connectivity index (χ4n) is 3.75. The van der Waals surface area contributed by atoms with E-state index in [2.05, 4.69) is 15.8 Å². The summed E-state index contributed by atoms with van der Waals surface area (Å²) < 4.78 is 46.5. The zero-order valence-corrected chi connectivity index (χ0v) is 15.5. The van der Waals surface area contributed by atoms with E-state index in [9.17, 15) is 22.8 Å². The summed E-state index contributed by atoms with van der Waals surface area (Å²) in [6.07, 6.45) is -5.79. The average Bonchev–Trinajstić information content (AvgIpc) is 2.60. The van der Waals surface area contributed by atoms with Gasteiger partial charge in [0.2, 0.25) is 0 Å². The molecule has 29 heavy (non-hydrogen) atoms. The molecule has 3 N–H and O–H groups in total. The molecule has 0 bridgehead atoms. The van der Waals surface area contributed by atoms with Gasteiger partial charge in [-0.1, -0.05) is 0 Å². The van der Waals surface area contributed by atoms with Crippen molar-refractivity contribution < 1.29 is 32.6 Å². The molecule has 1 unspecified atom stereocenters. The molecular formula is C17H18F3N5O4. The van der Waals surface area contributed by atoms with Gasteiger partial charge in [-0.2, -0.15) is 18.3 Å². The second-order valence-corrected chi connectivity index (χ2v) is 7.53. The largest absolute Gasteiger partial charge is 0.483 e. The monoisotopic (exact) mass is 413 g/mol. The van der Waals surface area contributed by atoms with E-state index in [1.54, 1.807) is 13.8 Å². The Morgan fingerprint density at radius 2 is 2.10 bits per heavy atom. The van der Waals surface area contributed by atoms with Crippen molar-refractivity contribution in [2.45, 2.75) is 31.6 Å². The Labute approximate surface area is 163 Å². The Kier molecular flexibility index (Phi) is 4.07. The van der Waals surface area contributed by atoms with Crippen LogP contribution >= 0.6 is 0 Å². The van der Waals surface area contributed by atoms with Gasteiger partial charge in [0.15, 0.2) is 5.84 Å². The number of rotatable bonds is 2. The van der Waals surface area contributed by atoms with Gasteiger partial charge in [-0.3, -0.25) is 4.79 Å². The molecule has 0 aromatic heterocycles. The molecule has 3 heterocycles. The van der Waals surface area contributed by atoms with Crippen LogP contribution in [0.1, 0.15) is 19.4 Å². The molecule has 12 heteroatoms. The van der Waals surface area contributed by atoms with Gasteiger partial charge in [-0.25, -0.2) is 10.2 Å². The van der Waals surface area contributed by atoms with Crippen molar-refractivity contribution in [1.82, 2.24) is 10.3 Å². The van der Waals surface area contributed by atoms with Gasteiger partial charge in [-0.15, -0.1) is 0 Å². The normalized spacial score (nSPS) is 22.4. The van der Waals surface area contributed by atoms with Crippen molar-refractivity contribution in [2.24, 2.45) is 5.10 Å². The number of benzene rings is 1. The number of carbonyl (C=O) groups excluding carboxylic acids is 1. The van der Waals surface area contributed by atoms with Gasteiger partial charge in [0.25, 0.3) is 5.91 Å². The average molecular weight is 413 g/mol. The van der Waals surface area contributed by atoms with Crippen molar-refractivity contribution >= 4 is 29.2 Å². The van der Waals surface area contributed by atoms with Gasteiger partial charge in [-0.05, 0) is 26.0 Å². The highest BCUT2D eigenvalue weighted by atomic mass is 19.4. The predicted molar refractivity (Wildman–Crippen MR) is 96.1 cm³/mol. The summed E-state index contributed by atoms with van der Waals surface area (Å²) in [6.45, 7) is 3.27. The van der Waals surface area contributed by atoms with E-state index in [1.165, 1.54) is 11.0 Å². The van der Waals surface area contributed by atoms with E-state index in [4.69, 9.17) is 9.84 Å². The van der Waals surface area contributed by atoms with Crippen molar-refractivity contribution in [3.63, 3.8) is 0 Å². The fraction of sp³-hybridized carbons (Fsp3) is 0.471. The molecule has 1 atom stereocenters. The van der Waals surface area contributed by atoms with Crippen LogP contribution in [0.5, 0.6) is 5.75 Å². The number of hydrogen-bond donors (Lipinski definition) is 3. The lowest BCUT2D eigenvalue weighted by atomic mass is 9.91. The summed E-state index contributed by atoms with van der Waals surface area (Å²) in [5.41, 5.74) is 0.635.